The molecule has 34 heavy (non-hydrogen) atoms. The fourth-order valence-electron chi connectivity index (χ4n) is 5.55. The highest BCUT2D eigenvalue weighted by Gasteiger charge is 2.33. The SMILES string of the molecule is Cc1ccc(-n2c(-c3ccccc3)c3c(c2-c2ccccc2)-c2cccc4cccc-3c24)cc1. The quantitative estimate of drug-likeness (QED) is 0.262. The third-order valence-corrected chi connectivity index (χ3v) is 7.00. The first kappa shape index (κ1) is 19.1. The molecular formula is C33H23N. The Hall–Kier alpha value is -4.36. The standard InChI is InChI=1S/C33H23N/c1-22-18-20-26(21-19-22)34-32(24-10-4-2-5-11-24)30-27-16-8-14-23-15-9-17-28(29(23)27)31(30)33(34)25-12-6-3-7-13-25/h2-21H,1H3. The Labute approximate surface area is 199 Å². The Morgan fingerprint density at radius 2 is 0.971 bits per heavy atom. The van der Waals surface area contributed by atoms with Crippen LogP contribution in [0.15, 0.2) is 121 Å². The summed E-state index contributed by atoms with van der Waals surface area (Å²) in [5.41, 5.74) is 12.7. The molecule has 0 spiro atoms. The molecule has 0 radical (unpaired) electrons. The summed E-state index contributed by atoms with van der Waals surface area (Å²) in [6, 6.07) is 44.0. The molecule has 1 aliphatic rings. The minimum Gasteiger partial charge on any atom is -0.308 e. The van der Waals surface area contributed by atoms with Gasteiger partial charge in [0.05, 0.1) is 11.4 Å². The van der Waals surface area contributed by atoms with E-state index in [0.717, 1.165) is 0 Å². The first-order valence-electron chi connectivity index (χ1n) is 11.8. The van der Waals surface area contributed by atoms with Gasteiger partial charge in [-0.25, -0.2) is 0 Å². The van der Waals surface area contributed by atoms with Crippen molar-refractivity contribution in [2.45, 2.75) is 6.92 Å². The van der Waals surface area contributed by atoms with Crippen LogP contribution in [-0.4, -0.2) is 4.57 Å². The van der Waals surface area contributed by atoms with E-state index in [1.165, 1.54) is 66.8 Å². The molecule has 5 aromatic carbocycles. The number of aryl methyl sites for hydroxylation is 1. The molecule has 0 saturated carbocycles. The van der Waals surface area contributed by atoms with E-state index in [9.17, 15) is 0 Å². The summed E-state index contributed by atoms with van der Waals surface area (Å²) in [7, 11) is 0. The molecular weight excluding hydrogens is 410 g/mol. The van der Waals surface area contributed by atoms with Crippen LogP contribution in [0.25, 0.3) is 61.2 Å². The Morgan fingerprint density at radius 1 is 0.471 bits per heavy atom. The van der Waals surface area contributed by atoms with E-state index in [-0.39, 0.29) is 0 Å². The number of rotatable bonds is 3. The Morgan fingerprint density at radius 3 is 1.47 bits per heavy atom. The molecule has 0 bridgehead atoms. The van der Waals surface area contributed by atoms with Crippen molar-refractivity contribution < 1.29 is 0 Å². The number of benzene rings is 5. The molecule has 0 fully saturated rings. The van der Waals surface area contributed by atoms with Crippen molar-refractivity contribution in [3.05, 3.63) is 127 Å². The average Bonchev–Trinajstić information content (AvgIpc) is 3.41. The monoisotopic (exact) mass is 433 g/mol. The zero-order valence-electron chi connectivity index (χ0n) is 19.0. The van der Waals surface area contributed by atoms with Crippen LogP contribution in [0.1, 0.15) is 5.56 Å². The smallest absolute Gasteiger partial charge is 0.0620 e. The number of hydrogen-bond donors (Lipinski definition) is 0. The molecule has 1 heteroatoms. The lowest BCUT2D eigenvalue weighted by Crippen LogP contribution is -2.01. The molecule has 0 atom stereocenters. The Kier molecular flexibility index (Phi) is 4.13. The summed E-state index contributed by atoms with van der Waals surface area (Å²) in [5, 5.41) is 2.66. The van der Waals surface area contributed by atoms with Gasteiger partial charge in [-0.15, -0.1) is 0 Å². The van der Waals surface area contributed by atoms with E-state index in [2.05, 4.69) is 133 Å². The van der Waals surface area contributed by atoms with Crippen LogP contribution in [0, 0.1) is 6.92 Å². The summed E-state index contributed by atoms with van der Waals surface area (Å²) in [4.78, 5) is 0. The van der Waals surface area contributed by atoms with Crippen LogP contribution < -0.4 is 0 Å². The van der Waals surface area contributed by atoms with Crippen LogP contribution in [-0.2, 0) is 0 Å². The minimum atomic E-state index is 1.18. The van der Waals surface area contributed by atoms with Gasteiger partial charge >= 0.3 is 0 Å². The second-order valence-electron chi connectivity index (χ2n) is 9.06. The molecule has 0 aliphatic heterocycles. The van der Waals surface area contributed by atoms with E-state index >= 15 is 0 Å². The van der Waals surface area contributed by atoms with Gasteiger partial charge in [-0.3, -0.25) is 0 Å². The zero-order chi connectivity index (χ0) is 22.6. The predicted molar refractivity (Wildman–Crippen MR) is 143 cm³/mol. The maximum atomic E-state index is 2.48. The van der Waals surface area contributed by atoms with E-state index < -0.39 is 0 Å². The topological polar surface area (TPSA) is 4.93 Å². The normalized spacial score (nSPS) is 11.7. The van der Waals surface area contributed by atoms with Crippen molar-refractivity contribution in [2.75, 3.05) is 0 Å². The van der Waals surface area contributed by atoms with Crippen LogP contribution in [0.4, 0.5) is 0 Å². The van der Waals surface area contributed by atoms with Crippen LogP contribution in [0.3, 0.4) is 0 Å². The largest absolute Gasteiger partial charge is 0.308 e. The van der Waals surface area contributed by atoms with Gasteiger partial charge in [0, 0.05) is 16.8 Å². The fraction of sp³-hybridized carbons (Fsp3) is 0.0303. The van der Waals surface area contributed by atoms with Gasteiger partial charge in [-0.1, -0.05) is 115 Å². The lowest BCUT2D eigenvalue weighted by Gasteiger charge is -2.17. The molecule has 1 nitrogen and oxygen atoms in total. The number of fused-ring (bicyclic) bond motifs is 3. The number of hydrogen-bond acceptors (Lipinski definition) is 0. The molecule has 0 unspecified atom stereocenters. The third kappa shape index (κ3) is 2.67. The average molecular weight is 434 g/mol. The van der Waals surface area contributed by atoms with Crippen molar-refractivity contribution in [1.29, 1.82) is 0 Å². The lowest BCUT2D eigenvalue weighted by molar-refractivity contribution is 1.09. The van der Waals surface area contributed by atoms with Gasteiger partial charge in [-0.05, 0) is 52.1 Å². The highest BCUT2D eigenvalue weighted by molar-refractivity contribution is 6.21. The van der Waals surface area contributed by atoms with Crippen molar-refractivity contribution in [3.63, 3.8) is 0 Å². The first-order valence-corrected chi connectivity index (χ1v) is 11.8. The Balaban J connectivity index is 1.71. The maximum Gasteiger partial charge on any atom is 0.0620 e. The summed E-state index contributed by atoms with van der Waals surface area (Å²) in [6.45, 7) is 2.15. The second-order valence-corrected chi connectivity index (χ2v) is 9.06. The summed E-state index contributed by atoms with van der Waals surface area (Å²) in [5.74, 6) is 0. The Bertz CT molecular complexity index is 1570. The highest BCUT2D eigenvalue weighted by Crippen LogP contribution is 2.57. The molecule has 6 aromatic rings. The van der Waals surface area contributed by atoms with Gasteiger partial charge < -0.3 is 4.57 Å². The van der Waals surface area contributed by atoms with Crippen molar-refractivity contribution in [3.8, 4) is 50.5 Å². The van der Waals surface area contributed by atoms with Gasteiger partial charge in [0.15, 0.2) is 0 Å². The van der Waals surface area contributed by atoms with E-state index in [1.807, 2.05) is 0 Å². The maximum absolute atomic E-state index is 2.48. The summed E-state index contributed by atoms with van der Waals surface area (Å²) < 4.78 is 2.48. The summed E-state index contributed by atoms with van der Waals surface area (Å²) >= 11 is 0. The van der Waals surface area contributed by atoms with E-state index in [0.29, 0.717) is 0 Å². The number of nitrogens with zero attached hydrogens (tertiary/aromatic N) is 1. The molecule has 1 heterocycles. The molecule has 160 valence electrons. The predicted octanol–water partition coefficient (Wildman–Crippen LogP) is 8.92. The molecule has 7 rings (SSSR count). The fourth-order valence-corrected chi connectivity index (χ4v) is 5.55. The van der Waals surface area contributed by atoms with Crippen molar-refractivity contribution >= 4 is 10.8 Å². The molecule has 0 amide bonds. The summed E-state index contributed by atoms with van der Waals surface area (Å²) in [6.07, 6.45) is 0. The highest BCUT2D eigenvalue weighted by atomic mass is 15.0. The molecule has 0 saturated heterocycles. The van der Waals surface area contributed by atoms with Gasteiger partial charge in [0.25, 0.3) is 0 Å². The molecule has 0 N–H and O–H groups in total. The van der Waals surface area contributed by atoms with Gasteiger partial charge in [0.2, 0.25) is 0 Å². The van der Waals surface area contributed by atoms with Crippen LogP contribution in [0.5, 0.6) is 0 Å². The molecule has 1 aliphatic carbocycles. The van der Waals surface area contributed by atoms with Crippen LogP contribution in [0.2, 0.25) is 0 Å². The van der Waals surface area contributed by atoms with E-state index in [4.69, 9.17) is 0 Å². The van der Waals surface area contributed by atoms with Crippen molar-refractivity contribution in [2.24, 2.45) is 0 Å². The second kappa shape index (κ2) is 7.33. The van der Waals surface area contributed by atoms with Crippen LogP contribution >= 0.6 is 0 Å². The van der Waals surface area contributed by atoms with Gasteiger partial charge in [-0.2, -0.15) is 0 Å². The minimum absolute atomic E-state index is 1.18. The first-order chi connectivity index (χ1) is 16.8. The van der Waals surface area contributed by atoms with Crippen molar-refractivity contribution in [1.82, 2.24) is 4.57 Å². The van der Waals surface area contributed by atoms with E-state index in [1.54, 1.807) is 0 Å². The number of aromatic nitrogens is 1. The van der Waals surface area contributed by atoms with Gasteiger partial charge in [0.1, 0.15) is 0 Å². The zero-order valence-corrected chi connectivity index (χ0v) is 19.0. The lowest BCUT2D eigenvalue weighted by atomic mass is 9.99. The molecule has 1 aromatic heterocycles. The third-order valence-electron chi connectivity index (χ3n) is 7.00.